The molecular formula is C20H16O3. The van der Waals surface area contributed by atoms with Crippen LogP contribution in [0.4, 0.5) is 0 Å². The van der Waals surface area contributed by atoms with E-state index in [0.29, 0.717) is 17.7 Å². The number of hydrogen-bond acceptors (Lipinski definition) is 3. The lowest BCUT2D eigenvalue weighted by atomic mass is 9.69. The lowest BCUT2D eigenvalue weighted by Gasteiger charge is -2.38. The van der Waals surface area contributed by atoms with Crippen LogP contribution in [0, 0.1) is 11.8 Å². The maximum absolute atomic E-state index is 13.3. The summed E-state index contributed by atoms with van der Waals surface area (Å²) in [6.07, 6.45) is 1.23. The number of benzene rings is 2. The Morgan fingerprint density at radius 1 is 0.957 bits per heavy atom. The van der Waals surface area contributed by atoms with Gasteiger partial charge in [0, 0.05) is 24.2 Å². The standard InChI is InChI=1S/C20H16O3/c21-16-11-13-10-15(16)18(12-6-2-1-3-7-12)20(13)19(22)14-8-4-5-9-17(14)23-20/h1-9,13,15,18H,10-11H2. The van der Waals surface area contributed by atoms with Crippen molar-refractivity contribution in [1.82, 2.24) is 0 Å². The molecule has 23 heavy (non-hydrogen) atoms. The van der Waals surface area contributed by atoms with Crippen LogP contribution in [0.1, 0.15) is 34.7 Å². The molecule has 114 valence electrons. The number of hydrogen-bond donors (Lipinski definition) is 0. The first-order chi connectivity index (χ1) is 11.2. The van der Waals surface area contributed by atoms with E-state index < -0.39 is 5.60 Å². The highest BCUT2D eigenvalue weighted by atomic mass is 16.5. The van der Waals surface area contributed by atoms with Crippen LogP contribution in [0.25, 0.3) is 0 Å². The molecule has 0 amide bonds. The number of rotatable bonds is 1. The maximum atomic E-state index is 13.3. The Labute approximate surface area is 134 Å². The van der Waals surface area contributed by atoms with Gasteiger partial charge in [-0.25, -0.2) is 0 Å². The van der Waals surface area contributed by atoms with E-state index in [2.05, 4.69) is 0 Å². The lowest BCUT2D eigenvalue weighted by molar-refractivity contribution is -0.125. The van der Waals surface area contributed by atoms with Gasteiger partial charge < -0.3 is 4.74 Å². The SMILES string of the molecule is O=C1CC2CC1C(c1ccccc1)C21Oc2ccccc2C1=O. The van der Waals surface area contributed by atoms with E-state index in [9.17, 15) is 9.59 Å². The Kier molecular flexibility index (Phi) is 2.45. The molecule has 3 heteroatoms. The van der Waals surface area contributed by atoms with Crippen molar-refractivity contribution in [1.29, 1.82) is 0 Å². The second-order valence-electron chi connectivity index (χ2n) is 6.82. The summed E-state index contributed by atoms with van der Waals surface area (Å²) in [6.45, 7) is 0. The molecule has 2 fully saturated rings. The summed E-state index contributed by atoms with van der Waals surface area (Å²) in [5.74, 6) is 0.725. The Balaban J connectivity index is 1.70. The minimum absolute atomic E-state index is 0.00916. The van der Waals surface area contributed by atoms with Crippen molar-refractivity contribution in [2.45, 2.75) is 24.4 Å². The van der Waals surface area contributed by atoms with E-state index in [1.165, 1.54) is 0 Å². The molecule has 2 saturated carbocycles. The quantitative estimate of drug-likeness (QED) is 0.811. The number of carbonyl (C=O) groups excluding carboxylic acids is 2. The zero-order chi connectivity index (χ0) is 15.6. The van der Waals surface area contributed by atoms with Crippen molar-refractivity contribution in [3.63, 3.8) is 0 Å². The fraction of sp³-hybridized carbons (Fsp3) is 0.300. The van der Waals surface area contributed by atoms with E-state index in [0.717, 1.165) is 12.0 Å². The molecule has 5 rings (SSSR count). The molecule has 4 atom stereocenters. The predicted molar refractivity (Wildman–Crippen MR) is 84.5 cm³/mol. The first-order valence-electron chi connectivity index (χ1n) is 8.12. The van der Waals surface area contributed by atoms with Gasteiger partial charge in [0.05, 0.1) is 5.56 Å². The van der Waals surface area contributed by atoms with Gasteiger partial charge in [-0.2, -0.15) is 0 Å². The van der Waals surface area contributed by atoms with Gasteiger partial charge in [-0.15, -0.1) is 0 Å². The predicted octanol–water partition coefficient (Wildman–Crippen LogP) is 3.39. The van der Waals surface area contributed by atoms with Crippen LogP contribution in [0.2, 0.25) is 0 Å². The van der Waals surface area contributed by atoms with E-state index in [1.54, 1.807) is 0 Å². The van der Waals surface area contributed by atoms with Gasteiger partial charge in [0.2, 0.25) is 5.78 Å². The largest absolute Gasteiger partial charge is 0.477 e. The lowest BCUT2D eigenvalue weighted by Crippen LogP contribution is -2.52. The average molecular weight is 304 g/mol. The third-order valence-electron chi connectivity index (χ3n) is 5.79. The van der Waals surface area contributed by atoms with Crippen LogP contribution in [-0.4, -0.2) is 17.2 Å². The second kappa shape index (κ2) is 4.31. The zero-order valence-electron chi connectivity index (χ0n) is 12.6. The molecule has 2 aliphatic carbocycles. The fourth-order valence-corrected chi connectivity index (χ4v) is 4.91. The number of Topliss-reactive ketones (excluding diaryl/α,β-unsaturated/α-hetero) is 2. The second-order valence-corrected chi connectivity index (χ2v) is 6.82. The molecule has 1 aliphatic heterocycles. The molecule has 4 unspecified atom stereocenters. The summed E-state index contributed by atoms with van der Waals surface area (Å²) in [5, 5.41) is 0. The maximum Gasteiger partial charge on any atom is 0.211 e. The van der Waals surface area contributed by atoms with E-state index in [4.69, 9.17) is 4.74 Å². The third kappa shape index (κ3) is 1.50. The molecule has 3 nitrogen and oxygen atoms in total. The molecule has 1 spiro atoms. The summed E-state index contributed by atoms with van der Waals surface area (Å²) >= 11 is 0. The monoisotopic (exact) mass is 304 g/mol. The molecule has 2 bridgehead atoms. The first kappa shape index (κ1) is 13.1. The molecule has 0 saturated heterocycles. The van der Waals surface area contributed by atoms with Gasteiger partial charge in [0.1, 0.15) is 11.5 Å². The van der Waals surface area contributed by atoms with Gasteiger partial charge in [-0.05, 0) is 24.1 Å². The molecule has 2 aromatic carbocycles. The van der Waals surface area contributed by atoms with Crippen molar-refractivity contribution in [3.05, 3.63) is 65.7 Å². The summed E-state index contributed by atoms with van der Waals surface area (Å²) in [7, 11) is 0. The number of para-hydroxylation sites is 1. The Morgan fingerprint density at radius 3 is 2.48 bits per heavy atom. The van der Waals surface area contributed by atoms with Gasteiger partial charge >= 0.3 is 0 Å². The van der Waals surface area contributed by atoms with Crippen molar-refractivity contribution in [2.24, 2.45) is 11.8 Å². The Morgan fingerprint density at radius 2 is 1.70 bits per heavy atom. The van der Waals surface area contributed by atoms with Crippen LogP contribution < -0.4 is 4.74 Å². The minimum Gasteiger partial charge on any atom is -0.477 e. The normalized spacial score (nSPS) is 34.0. The highest BCUT2D eigenvalue weighted by Gasteiger charge is 2.69. The first-order valence-corrected chi connectivity index (χ1v) is 8.12. The van der Waals surface area contributed by atoms with Gasteiger partial charge in [0.15, 0.2) is 5.60 Å². The van der Waals surface area contributed by atoms with Crippen LogP contribution in [-0.2, 0) is 4.79 Å². The number of carbonyl (C=O) groups is 2. The molecular weight excluding hydrogens is 288 g/mol. The topological polar surface area (TPSA) is 43.4 Å². The molecule has 1 heterocycles. The highest BCUT2D eigenvalue weighted by Crippen LogP contribution is 2.62. The van der Waals surface area contributed by atoms with E-state index >= 15 is 0 Å². The van der Waals surface area contributed by atoms with Gasteiger partial charge in [-0.1, -0.05) is 42.5 Å². The minimum atomic E-state index is -0.885. The molecule has 0 N–H and O–H groups in total. The zero-order valence-corrected chi connectivity index (χ0v) is 12.6. The summed E-state index contributed by atoms with van der Waals surface area (Å²) in [5.41, 5.74) is 0.812. The molecule has 0 radical (unpaired) electrons. The third-order valence-corrected chi connectivity index (χ3v) is 5.79. The van der Waals surface area contributed by atoms with Crippen molar-refractivity contribution in [3.8, 4) is 5.75 Å². The number of ether oxygens (including phenoxy) is 1. The van der Waals surface area contributed by atoms with E-state index in [-0.39, 0.29) is 29.3 Å². The average Bonchev–Trinajstić information content (AvgIpc) is 3.20. The smallest absolute Gasteiger partial charge is 0.211 e. The summed E-state index contributed by atoms with van der Waals surface area (Å²) in [6, 6.07) is 17.4. The Hall–Kier alpha value is -2.42. The van der Waals surface area contributed by atoms with Crippen LogP contribution in [0.15, 0.2) is 54.6 Å². The molecule has 3 aliphatic rings. The van der Waals surface area contributed by atoms with Crippen LogP contribution in [0.3, 0.4) is 0 Å². The highest BCUT2D eigenvalue weighted by molar-refractivity contribution is 6.10. The summed E-state index contributed by atoms with van der Waals surface area (Å²) < 4.78 is 6.32. The van der Waals surface area contributed by atoms with Crippen molar-refractivity contribution >= 4 is 11.6 Å². The Bertz CT molecular complexity index is 826. The van der Waals surface area contributed by atoms with E-state index in [1.807, 2.05) is 54.6 Å². The van der Waals surface area contributed by atoms with Gasteiger partial charge in [0.25, 0.3) is 0 Å². The fourth-order valence-electron chi connectivity index (χ4n) is 4.91. The van der Waals surface area contributed by atoms with Crippen LogP contribution in [0.5, 0.6) is 5.75 Å². The van der Waals surface area contributed by atoms with Crippen molar-refractivity contribution in [2.75, 3.05) is 0 Å². The van der Waals surface area contributed by atoms with Gasteiger partial charge in [-0.3, -0.25) is 9.59 Å². The number of ketones is 2. The summed E-state index contributed by atoms with van der Waals surface area (Å²) in [4.78, 5) is 25.6. The number of fused-ring (bicyclic) bond motifs is 4. The van der Waals surface area contributed by atoms with Crippen molar-refractivity contribution < 1.29 is 14.3 Å². The molecule has 2 aromatic rings. The molecule has 0 aromatic heterocycles. The van der Waals surface area contributed by atoms with Crippen LogP contribution >= 0.6 is 0 Å².